The van der Waals surface area contributed by atoms with E-state index in [1.165, 1.54) is 0 Å². The third-order valence-electron chi connectivity index (χ3n) is 1.03. The summed E-state index contributed by atoms with van der Waals surface area (Å²) in [6, 6.07) is 0.977. The number of nitrogens with zero attached hydrogens (tertiary/aromatic N) is 1. The molecule has 1 aromatic heterocycles. The van der Waals surface area contributed by atoms with Crippen molar-refractivity contribution in [3.63, 3.8) is 0 Å². The summed E-state index contributed by atoms with van der Waals surface area (Å²) in [4.78, 5) is 4.07. The molecule has 0 saturated carbocycles. The highest BCUT2D eigenvalue weighted by atomic mass is 16.4. The molecule has 1 rings (SSSR count). The van der Waals surface area contributed by atoms with Crippen LogP contribution in [0.3, 0.4) is 0 Å². The van der Waals surface area contributed by atoms with Gasteiger partial charge in [-0.2, -0.15) is 4.98 Å². The topological polar surface area (TPSA) is 38.1 Å². The van der Waals surface area contributed by atoms with Crippen LogP contribution in [0.1, 0.15) is 19.5 Å². The van der Waals surface area contributed by atoms with Gasteiger partial charge in [0.25, 0.3) is 6.01 Å². The number of anilines is 1. The Kier molecular flexibility index (Phi) is 1.94. The van der Waals surface area contributed by atoms with Crippen molar-refractivity contribution in [2.24, 2.45) is 0 Å². The van der Waals surface area contributed by atoms with E-state index in [4.69, 9.17) is 4.42 Å². The standard InChI is InChI=1S/C7H12N2O/c1-5(2)8-7-9-6(3)4-10-7/h4-5H,1-3H3,(H,8,9). The van der Waals surface area contributed by atoms with Crippen molar-refractivity contribution in [2.45, 2.75) is 26.8 Å². The summed E-state index contributed by atoms with van der Waals surface area (Å²) in [7, 11) is 0. The van der Waals surface area contributed by atoms with E-state index in [-0.39, 0.29) is 0 Å². The maximum absolute atomic E-state index is 5.05. The lowest BCUT2D eigenvalue weighted by Gasteiger charge is -2.02. The fourth-order valence-electron chi connectivity index (χ4n) is 0.667. The van der Waals surface area contributed by atoms with Crippen LogP contribution < -0.4 is 5.32 Å². The number of aryl methyl sites for hydroxylation is 1. The Labute approximate surface area is 60.5 Å². The molecule has 0 atom stereocenters. The van der Waals surface area contributed by atoms with Crippen LogP contribution in [0, 0.1) is 6.92 Å². The molecule has 0 aliphatic rings. The Bertz CT molecular complexity index is 205. The average Bonchev–Trinajstić information content (AvgIpc) is 2.13. The fraction of sp³-hybridized carbons (Fsp3) is 0.571. The molecule has 1 N–H and O–H groups in total. The lowest BCUT2D eigenvalue weighted by atomic mass is 10.4. The molecule has 0 bridgehead atoms. The van der Waals surface area contributed by atoms with Gasteiger partial charge in [0.05, 0.1) is 5.69 Å². The van der Waals surface area contributed by atoms with Gasteiger partial charge in [0.2, 0.25) is 0 Å². The van der Waals surface area contributed by atoms with Crippen molar-refractivity contribution in [1.29, 1.82) is 0 Å². The molecular weight excluding hydrogens is 128 g/mol. The van der Waals surface area contributed by atoms with E-state index in [0.717, 1.165) is 5.69 Å². The van der Waals surface area contributed by atoms with Crippen LogP contribution in [0.25, 0.3) is 0 Å². The molecule has 0 aliphatic carbocycles. The average molecular weight is 140 g/mol. The Morgan fingerprint density at radius 1 is 1.60 bits per heavy atom. The van der Waals surface area contributed by atoms with Crippen LogP contribution in [0.4, 0.5) is 6.01 Å². The SMILES string of the molecule is Cc1coc(NC(C)C)n1. The molecule has 0 amide bonds. The van der Waals surface area contributed by atoms with Crippen LogP contribution >= 0.6 is 0 Å². The van der Waals surface area contributed by atoms with Crippen LogP contribution in [0.15, 0.2) is 10.7 Å². The molecule has 3 heteroatoms. The molecule has 0 saturated heterocycles. The first-order valence-electron chi connectivity index (χ1n) is 3.37. The quantitative estimate of drug-likeness (QED) is 0.680. The van der Waals surface area contributed by atoms with Crippen LogP contribution in [0.5, 0.6) is 0 Å². The highest BCUT2D eigenvalue weighted by Crippen LogP contribution is 2.06. The third kappa shape index (κ3) is 1.76. The third-order valence-corrected chi connectivity index (χ3v) is 1.03. The van der Waals surface area contributed by atoms with Gasteiger partial charge in [0.1, 0.15) is 6.26 Å². The molecule has 0 unspecified atom stereocenters. The van der Waals surface area contributed by atoms with E-state index in [1.54, 1.807) is 6.26 Å². The Hall–Kier alpha value is -0.990. The molecule has 0 aromatic carbocycles. The summed E-state index contributed by atoms with van der Waals surface area (Å²) in [6.45, 7) is 5.98. The van der Waals surface area contributed by atoms with Gasteiger partial charge in [-0.05, 0) is 20.8 Å². The van der Waals surface area contributed by atoms with Gasteiger partial charge < -0.3 is 9.73 Å². The Balaban J connectivity index is 2.58. The smallest absolute Gasteiger partial charge is 0.294 e. The molecule has 10 heavy (non-hydrogen) atoms. The summed E-state index contributed by atoms with van der Waals surface area (Å²) in [5.41, 5.74) is 0.906. The van der Waals surface area contributed by atoms with E-state index in [0.29, 0.717) is 12.1 Å². The van der Waals surface area contributed by atoms with Gasteiger partial charge in [-0.1, -0.05) is 0 Å². The number of hydrogen-bond acceptors (Lipinski definition) is 3. The minimum absolute atomic E-state index is 0.373. The zero-order valence-corrected chi connectivity index (χ0v) is 6.51. The van der Waals surface area contributed by atoms with E-state index in [2.05, 4.69) is 10.3 Å². The predicted octanol–water partition coefficient (Wildman–Crippen LogP) is 1.80. The first-order valence-corrected chi connectivity index (χ1v) is 3.37. The fourth-order valence-corrected chi connectivity index (χ4v) is 0.667. The summed E-state index contributed by atoms with van der Waals surface area (Å²) in [6.07, 6.45) is 1.63. The number of oxazole rings is 1. The van der Waals surface area contributed by atoms with Gasteiger partial charge in [0.15, 0.2) is 0 Å². The normalized spacial score (nSPS) is 10.4. The summed E-state index contributed by atoms with van der Waals surface area (Å²) >= 11 is 0. The number of rotatable bonds is 2. The second-order valence-electron chi connectivity index (χ2n) is 2.59. The number of nitrogens with one attached hydrogen (secondary N) is 1. The Morgan fingerprint density at radius 2 is 2.30 bits per heavy atom. The molecule has 0 aliphatic heterocycles. The monoisotopic (exact) mass is 140 g/mol. The van der Waals surface area contributed by atoms with Gasteiger partial charge in [0, 0.05) is 6.04 Å². The molecule has 3 nitrogen and oxygen atoms in total. The second kappa shape index (κ2) is 2.73. The summed E-state index contributed by atoms with van der Waals surface area (Å²) < 4.78 is 5.05. The minimum atomic E-state index is 0.373. The van der Waals surface area contributed by atoms with Crippen molar-refractivity contribution in [2.75, 3.05) is 5.32 Å². The maximum atomic E-state index is 5.05. The lowest BCUT2D eigenvalue weighted by Crippen LogP contribution is -2.09. The molecule has 56 valence electrons. The van der Waals surface area contributed by atoms with Crippen LogP contribution in [-0.2, 0) is 0 Å². The van der Waals surface area contributed by atoms with Crippen molar-refractivity contribution in [3.05, 3.63) is 12.0 Å². The zero-order chi connectivity index (χ0) is 7.56. The number of hydrogen-bond donors (Lipinski definition) is 1. The van der Waals surface area contributed by atoms with Crippen molar-refractivity contribution in [1.82, 2.24) is 4.98 Å². The predicted molar refractivity (Wildman–Crippen MR) is 40.0 cm³/mol. The molecule has 0 spiro atoms. The molecule has 1 aromatic rings. The first-order chi connectivity index (χ1) is 4.68. The van der Waals surface area contributed by atoms with Crippen molar-refractivity contribution < 1.29 is 4.42 Å². The summed E-state index contributed by atoms with van der Waals surface area (Å²) in [5.74, 6) is 0. The zero-order valence-electron chi connectivity index (χ0n) is 6.51. The molecule has 1 heterocycles. The van der Waals surface area contributed by atoms with Crippen LogP contribution in [-0.4, -0.2) is 11.0 Å². The Morgan fingerprint density at radius 3 is 2.70 bits per heavy atom. The van der Waals surface area contributed by atoms with Gasteiger partial charge in [-0.3, -0.25) is 0 Å². The van der Waals surface area contributed by atoms with E-state index in [9.17, 15) is 0 Å². The molecular formula is C7H12N2O. The van der Waals surface area contributed by atoms with E-state index < -0.39 is 0 Å². The molecule has 0 fully saturated rings. The first kappa shape index (κ1) is 7.12. The second-order valence-corrected chi connectivity index (χ2v) is 2.59. The minimum Gasteiger partial charge on any atom is -0.432 e. The van der Waals surface area contributed by atoms with E-state index >= 15 is 0 Å². The highest BCUT2D eigenvalue weighted by Gasteiger charge is 1.99. The van der Waals surface area contributed by atoms with Gasteiger partial charge in [-0.15, -0.1) is 0 Å². The van der Waals surface area contributed by atoms with Crippen molar-refractivity contribution >= 4 is 6.01 Å². The number of aromatic nitrogens is 1. The van der Waals surface area contributed by atoms with Crippen LogP contribution in [0.2, 0.25) is 0 Å². The van der Waals surface area contributed by atoms with Gasteiger partial charge in [-0.25, -0.2) is 0 Å². The summed E-state index contributed by atoms with van der Waals surface area (Å²) in [5, 5.41) is 3.05. The largest absolute Gasteiger partial charge is 0.432 e. The molecule has 0 radical (unpaired) electrons. The highest BCUT2D eigenvalue weighted by molar-refractivity contribution is 5.21. The van der Waals surface area contributed by atoms with Gasteiger partial charge >= 0.3 is 0 Å². The maximum Gasteiger partial charge on any atom is 0.294 e. The lowest BCUT2D eigenvalue weighted by molar-refractivity contribution is 0.564. The van der Waals surface area contributed by atoms with Crippen molar-refractivity contribution in [3.8, 4) is 0 Å². The van der Waals surface area contributed by atoms with E-state index in [1.807, 2.05) is 20.8 Å².